The maximum Gasteiger partial charge on any atom is 0.336 e. The fourth-order valence-corrected chi connectivity index (χ4v) is 4.84. The average molecular weight is 553 g/mol. The summed E-state index contributed by atoms with van der Waals surface area (Å²) in [4.78, 5) is 24.5. The first-order valence-corrected chi connectivity index (χ1v) is 13.1. The van der Waals surface area contributed by atoms with E-state index in [0.29, 0.717) is 50.8 Å². The summed E-state index contributed by atoms with van der Waals surface area (Å²) in [6.45, 7) is 7.02. The van der Waals surface area contributed by atoms with E-state index in [-0.39, 0.29) is 22.2 Å². The van der Waals surface area contributed by atoms with Crippen LogP contribution in [-0.4, -0.2) is 21.3 Å². The second-order valence-corrected chi connectivity index (χ2v) is 11.0. The first-order valence-electron chi connectivity index (χ1n) is 12.7. The van der Waals surface area contributed by atoms with E-state index in [0.717, 1.165) is 5.56 Å². The molecule has 1 aliphatic heterocycles. The zero-order valence-electron chi connectivity index (χ0n) is 22.2. The smallest absolute Gasteiger partial charge is 0.336 e. The van der Waals surface area contributed by atoms with E-state index in [2.05, 4.69) is 55.7 Å². The van der Waals surface area contributed by atoms with Crippen LogP contribution >= 0.6 is 12.2 Å². The molecule has 2 aliphatic rings. The summed E-state index contributed by atoms with van der Waals surface area (Å²) in [7, 11) is 0. The van der Waals surface area contributed by atoms with E-state index < -0.39 is 5.97 Å². The van der Waals surface area contributed by atoms with E-state index in [1.54, 1.807) is 24.3 Å². The van der Waals surface area contributed by atoms with Gasteiger partial charge in [-0.05, 0) is 70.7 Å². The molecule has 8 heteroatoms. The third-order valence-electron chi connectivity index (χ3n) is 6.73. The Morgan fingerprint density at radius 3 is 2.35 bits per heavy atom. The second-order valence-electron chi connectivity index (χ2n) is 10.6. The predicted octanol–water partition coefficient (Wildman–Crippen LogP) is 6.75. The van der Waals surface area contributed by atoms with E-state index in [1.807, 2.05) is 0 Å². The van der Waals surface area contributed by atoms with Crippen LogP contribution in [0.15, 0.2) is 88.1 Å². The Labute approximate surface area is 236 Å². The first-order chi connectivity index (χ1) is 19.0. The average Bonchev–Trinajstić information content (AvgIpc) is 2.90. The van der Waals surface area contributed by atoms with E-state index in [4.69, 9.17) is 16.6 Å². The second kappa shape index (κ2) is 10.5. The summed E-state index contributed by atoms with van der Waals surface area (Å²) in [5.74, 6) is -0.846. The van der Waals surface area contributed by atoms with Gasteiger partial charge in [0.25, 0.3) is 0 Å². The number of thiocarbonyl (C=S) groups is 1. The van der Waals surface area contributed by atoms with Gasteiger partial charge in [-0.3, -0.25) is 4.79 Å². The third kappa shape index (κ3) is 5.53. The molecule has 202 valence electrons. The van der Waals surface area contributed by atoms with Crippen LogP contribution in [0.25, 0.3) is 33.4 Å². The topological polar surface area (TPSA) is 112 Å². The molecule has 40 heavy (non-hydrogen) atoms. The lowest BCUT2D eigenvalue weighted by Crippen LogP contribution is -2.28. The first kappa shape index (κ1) is 26.9. The lowest BCUT2D eigenvalue weighted by molar-refractivity contribution is 0.0697. The SMILES string of the molecule is CC(C)(C)c1ccc(CNC(=S)Nc2ccc(-c3c4ccc(=O)cc-4oc4cc(O)ccc34)c(C(=O)O)c2)cc1. The van der Waals surface area contributed by atoms with Crippen LogP contribution in [0, 0.1) is 0 Å². The van der Waals surface area contributed by atoms with Crippen molar-refractivity contribution in [2.24, 2.45) is 0 Å². The number of carboxylic acids is 1. The Bertz CT molecular complexity index is 1780. The predicted molar refractivity (Wildman–Crippen MR) is 161 cm³/mol. The zero-order chi connectivity index (χ0) is 28.6. The highest BCUT2D eigenvalue weighted by Gasteiger charge is 2.22. The number of anilines is 1. The van der Waals surface area contributed by atoms with Crippen molar-refractivity contribution in [3.63, 3.8) is 0 Å². The molecule has 0 fully saturated rings. The molecule has 0 aromatic heterocycles. The van der Waals surface area contributed by atoms with Gasteiger partial charge in [-0.25, -0.2) is 4.79 Å². The normalized spacial score (nSPS) is 11.5. The molecule has 0 bridgehead atoms. The van der Waals surface area contributed by atoms with Gasteiger partial charge in [0.05, 0.1) is 5.56 Å². The molecular weight excluding hydrogens is 524 g/mol. The summed E-state index contributed by atoms with van der Waals surface area (Å²) in [5, 5.41) is 27.4. The van der Waals surface area contributed by atoms with Crippen molar-refractivity contribution < 1.29 is 19.4 Å². The van der Waals surface area contributed by atoms with Crippen LogP contribution < -0.4 is 16.1 Å². The van der Waals surface area contributed by atoms with Crippen molar-refractivity contribution >= 4 is 40.0 Å². The number of rotatable bonds is 5. The van der Waals surface area contributed by atoms with Gasteiger partial charge in [0.15, 0.2) is 10.5 Å². The third-order valence-corrected chi connectivity index (χ3v) is 6.97. The van der Waals surface area contributed by atoms with Gasteiger partial charge in [-0.2, -0.15) is 0 Å². The Kier molecular flexibility index (Phi) is 7.04. The standard InChI is InChI=1S/C32H28N2O5S/c1-32(2,3)19-6-4-18(5-7-19)17-33-31(40)34-20-8-11-23(26(14-20)30(37)38)29-24-12-9-21(35)15-27(24)39-28-16-22(36)10-13-25(28)29/h4-16,35H,17H2,1-3H3,(H,37,38)(H2,33,34,40). The van der Waals surface area contributed by atoms with Crippen molar-refractivity contribution in [2.75, 3.05) is 5.32 Å². The number of fused-ring (bicyclic) bond motifs is 2. The highest BCUT2D eigenvalue weighted by molar-refractivity contribution is 7.80. The molecule has 4 N–H and O–H groups in total. The van der Waals surface area contributed by atoms with Gasteiger partial charge in [0.2, 0.25) is 0 Å². The lowest BCUT2D eigenvalue weighted by Gasteiger charge is -2.19. The highest BCUT2D eigenvalue weighted by atomic mass is 32.1. The molecule has 3 aromatic carbocycles. The number of aromatic hydroxyl groups is 1. The van der Waals surface area contributed by atoms with Crippen molar-refractivity contribution in [2.45, 2.75) is 32.7 Å². The van der Waals surface area contributed by atoms with E-state index in [9.17, 15) is 19.8 Å². The van der Waals surface area contributed by atoms with Crippen molar-refractivity contribution in [3.8, 4) is 28.2 Å². The molecule has 0 radical (unpaired) electrons. The number of phenols is 1. The van der Waals surface area contributed by atoms with Gasteiger partial charge in [-0.1, -0.05) is 51.1 Å². The molecule has 3 aromatic rings. The minimum atomic E-state index is -1.13. The summed E-state index contributed by atoms with van der Waals surface area (Å²) >= 11 is 5.47. The molecule has 7 nitrogen and oxygen atoms in total. The number of hydrogen-bond donors (Lipinski definition) is 4. The Morgan fingerprint density at radius 2 is 1.65 bits per heavy atom. The van der Waals surface area contributed by atoms with E-state index in [1.165, 1.54) is 35.9 Å². The van der Waals surface area contributed by atoms with Crippen molar-refractivity contribution in [1.29, 1.82) is 0 Å². The minimum Gasteiger partial charge on any atom is -0.508 e. The number of carbonyl (C=O) groups is 1. The van der Waals surface area contributed by atoms with Crippen LogP contribution in [0.4, 0.5) is 5.69 Å². The molecule has 0 unspecified atom stereocenters. The molecule has 1 aliphatic carbocycles. The Morgan fingerprint density at radius 1 is 0.925 bits per heavy atom. The molecule has 0 spiro atoms. The quantitative estimate of drug-likeness (QED) is 0.140. The van der Waals surface area contributed by atoms with Gasteiger partial charge in [0, 0.05) is 40.9 Å². The van der Waals surface area contributed by atoms with Crippen molar-refractivity contribution in [3.05, 3.63) is 106 Å². The summed E-state index contributed by atoms with van der Waals surface area (Å²) in [5.41, 5.74) is 4.62. The van der Waals surface area contributed by atoms with Gasteiger partial charge in [0.1, 0.15) is 17.1 Å². The largest absolute Gasteiger partial charge is 0.508 e. The monoisotopic (exact) mass is 552 g/mol. The van der Waals surface area contributed by atoms with Crippen LogP contribution in [0.1, 0.15) is 42.3 Å². The molecule has 0 saturated carbocycles. The fraction of sp³-hybridized carbons (Fsp3) is 0.156. The Hall–Kier alpha value is -4.69. The van der Waals surface area contributed by atoms with Gasteiger partial charge < -0.3 is 25.3 Å². The minimum absolute atomic E-state index is 0.0102. The summed E-state index contributed by atoms with van der Waals surface area (Å²) in [6, 6.07) is 22.3. The van der Waals surface area contributed by atoms with E-state index >= 15 is 0 Å². The molecule has 0 atom stereocenters. The number of hydrogen-bond acceptors (Lipinski definition) is 5. The fourth-order valence-electron chi connectivity index (χ4n) is 4.65. The van der Waals surface area contributed by atoms with Crippen LogP contribution in [0.5, 0.6) is 5.75 Å². The number of aromatic carboxylic acids is 1. The van der Waals surface area contributed by atoms with Gasteiger partial charge >= 0.3 is 5.97 Å². The number of nitrogens with one attached hydrogen (secondary N) is 2. The number of phenolic OH excluding ortho intramolecular Hbond substituents is 1. The Balaban J connectivity index is 1.45. The summed E-state index contributed by atoms with van der Waals surface area (Å²) < 4.78 is 5.89. The number of benzene rings is 4. The van der Waals surface area contributed by atoms with Crippen LogP contribution in [-0.2, 0) is 12.0 Å². The molecule has 5 rings (SSSR count). The van der Waals surface area contributed by atoms with Crippen molar-refractivity contribution in [1.82, 2.24) is 5.32 Å². The van der Waals surface area contributed by atoms with Gasteiger partial charge in [-0.15, -0.1) is 0 Å². The summed E-state index contributed by atoms with van der Waals surface area (Å²) in [6.07, 6.45) is 0. The maximum absolute atomic E-state index is 12.4. The lowest BCUT2D eigenvalue weighted by atomic mass is 9.87. The molecular formula is C32H28N2O5S. The highest BCUT2D eigenvalue weighted by Crippen LogP contribution is 2.42. The maximum atomic E-state index is 12.4. The zero-order valence-corrected chi connectivity index (χ0v) is 23.1. The molecule has 0 amide bonds. The molecule has 1 heterocycles. The van der Waals surface area contributed by atoms with Crippen LogP contribution in [0.3, 0.4) is 0 Å². The van der Waals surface area contributed by atoms with Crippen LogP contribution in [0.2, 0.25) is 0 Å². The molecule has 0 saturated heterocycles. The number of carboxylic acid groups (broad SMARTS) is 1.